The Hall–Kier alpha value is -3.76. The minimum absolute atomic E-state index is 0.0729. The van der Waals surface area contributed by atoms with Gasteiger partial charge in [0.2, 0.25) is 0 Å². The van der Waals surface area contributed by atoms with Gasteiger partial charge in [-0.15, -0.1) is 0 Å². The van der Waals surface area contributed by atoms with Crippen LogP contribution in [0.3, 0.4) is 0 Å². The van der Waals surface area contributed by atoms with Gasteiger partial charge in [-0.2, -0.15) is 20.1 Å². The van der Waals surface area contributed by atoms with Crippen LogP contribution in [-0.4, -0.2) is 21.9 Å². The zero-order chi connectivity index (χ0) is 20.1. The molecule has 1 aromatic heterocycles. The second kappa shape index (κ2) is 8.29. The maximum absolute atomic E-state index is 12.6. The SMILES string of the molecule is Cc1c(C(=O)N/N=C/c2ccccc2)nn(-c2ccc(Cl)cc2)c(=O)c1C#N. The van der Waals surface area contributed by atoms with Crippen LogP contribution in [0.1, 0.15) is 27.2 Å². The predicted molar refractivity (Wildman–Crippen MR) is 106 cm³/mol. The Morgan fingerprint density at radius 2 is 1.89 bits per heavy atom. The zero-order valence-electron chi connectivity index (χ0n) is 14.8. The van der Waals surface area contributed by atoms with E-state index >= 15 is 0 Å². The molecule has 138 valence electrons. The molecule has 0 fully saturated rings. The van der Waals surface area contributed by atoms with Crippen LogP contribution in [0.15, 0.2) is 64.5 Å². The van der Waals surface area contributed by atoms with Gasteiger partial charge in [0.1, 0.15) is 11.6 Å². The summed E-state index contributed by atoms with van der Waals surface area (Å²) >= 11 is 5.87. The molecule has 1 N–H and O–H groups in total. The standard InChI is InChI=1S/C20H14ClN5O2/c1-13-17(11-22)20(28)26(16-9-7-15(21)8-10-16)25-18(13)19(27)24-23-12-14-5-3-2-4-6-14/h2-10,12H,1H3,(H,24,27)/b23-12+. The van der Waals surface area contributed by atoms with Crippen molar-refractivity contribution in [2.45, 2.75) is 6.92 Å². The van der Waals surface area contributed by atoms with E-state index in [1.807, 2.05) is 36.4 Å². The lowest BCUT2D eigenvalue weighted by atomic mass is 10.1. The second-order valence-corrected chi connectivity index (χ2v) is 6.20. The molecule has 0 aliphatic heterocycles. The highest BCUT2D eigenvalue weighted by Gasteiger charge is 2.20. The molecule has 0 atom stereocenters. The summed E-state index contributed by atoms with van der Waals surface area (Å²) in [6.07, 6.45) is 1.48. The molecule has 3 rings (SSSR count). The van der Waals surface area contributed by atoms with Crippen molar-refractivity contribution in [1.82, 2.24) is 15.2 Å². The maximum Gasteiger partial charge on any atom is 0.292 e. The summed E-state index contributed by atoms with van der Waals surface area (Å²) in [4.78, 5) is 25.1. The summed E-state index contributed by atoms with van der Waals surface area (Å²) < 4.78 is 0.998. The second-order valence-electron chi connectivity index (χ2n) is 5.76. The third-order valence-electron chi connectivity index (χ3n) is 3.91. The van der Waals surface area contributed by atoms with E-state index in [1.54, 1.807) is 24.3 Å². The first-order valence-corrected chi connectivity index (χ1v) is 8.57. The van der Waals surface area contributed by atoms with Crippen molar-refractivity contribution >= 4 is 23.7 Å². The van der Waals surface area contributed by atoms with Crippen LogP contribution in [0, 0.1) is 18.3 Å². The number of hydrogen-bond acceptors (Lipinski definition) is 5. The van der Waals surface area contributed by atoms with Gasteiger partial charge in [0.25, 0.3) is 11.5 Å². The first-order chi connectivity index (χ1) is 13.5. The number of nitriles is 1. The molecule has 7 nitrogen and oxygen atoms in total. The van der Waals surface area contributed by atoms with E-state index in [0.717, 1.165) is 10.2 Å². The third-order valence-corrected chi connectivity index (χ3v) is 4.17. The van der Waals surface area contributed by atoms with E-state index in [4.69, 9.17) is 11.6 Å². The highest BCUT2D eigenvalue weighted by Crippen LogP contribution is 2.13. The van der Waals surface area contributed by atoms with Gasteiger partial charge in [-0.1, -0.05) is 41.9 Å². The van der Waals surface area contributed by atoms with Crippen LogP contribution >= 0.6 is 11.6 Å². The minimum Gasteiger partial charge on any atom is -0.266 e. The molecule has 3 aromatic rings. The molecule has 0 saturated heterocycles. The summed E-state index contributed by atoms with van der Waals surface area (Å²) in [7, 11) is 0. The maximum atomic E-state index is 12.6. The number of rotatable bonds is 4. The van der Waals surface area contributed by atoms with E-state index in [9.17, 15) is 14.9 Å². The van der Waals surface area contributed by atoms with Gasteiger partial charge >= 0.3 is 0 Å². The molecule has 0 aliphatic rings. The average Bonchev–Trinajstić information content (AvgIpc) is 2.70. The number of nitrogens with zero attached hydrogens (tertiary/aromatic N) is 4. The molecule has 0 saturated carbocycles. The Balaban J connectivity index is 1.98. The smallest absolute Gasteiger partial charge is 0.266 e. The van der Waals surface area contributed by atoms with Crippen molar-refractivity contribution in [2.75, 3.05) is 0 Å². The summed E-state index contributed by atoms with van der Waals surface area (Å²) in [5.74, 6) is -0.635. The van der Waals surface area contributed by atoms with Crippen molar-refractivity contribution in [3.05, 3.63) is 92.4 Å². The van der Waals surface area contributed by atoms with Gasteiger partial charge in [-0.05, 0) is 36.8 Å². The van der Waals surface area contributed by atoms with Crippen LogP contribution in [0.4, 0.5) is 0 Å². The van der Waals surface area contributed by atoms with Crippen LogP contribution in [0.2, 0.25) is 5.02 Å². The number of amides is 1. The highest BCUT2D eigenvalue weighted by atomic mass is 35.5. The first-order valence-electron chi connectivity index (χ1n) is 8.19. The van der Waals surface area contributed by atoms with E-state index in [1.165, 1.54) is 13.1 Å². The lowest BCUT2D eigenvalue weighted by Crippen LogP contribution is -2.31. The fourth-order valence-corrected chi connectivity index (χ4v) is 2.59. The highest BCUT2D eigenvalue weighted by molar-refractivity contribution is 6.30. The van der Waals surface area contributed by atoms with Crippen LogP contribution < -0.4 is 11.0 Å². The number of carbonyl (C=O) groups is 1. The van der Waals surface area contributed by atoms with Gasteiger partial charge in [0, 0.05) is 10.6 Å². The van der Waals surface area contributed by atoms with Gasteiger partial charge in [-0.3, -0.25) is 9.59 Å². The Labute approximate surface area is 165 Å². The first kappa shape index (κ1) is 19.0. The molecule has 0 unspecified atom stereocenters. The van der Waals surface area contributed by atoms with Crippen molar-refractivity contribution < 1.29 is 4.79 Å². The Morgan fingerprint density at radius 1 is 1.21 bits per heavy atom. The van der Waals surface area contributed by atoms with E-state index in [-0.39, 0.29) is 16.8 Å². The van der Waals surface area contributed by atoms with Gasteiger partial charge < -0.3 is 0 Å². The van der Waals surface area contributed by atoms with Gasteiger partial charge in [0.05, 0.1) is 11.9 Å². The van der Waals surface area contributed by atoms with Crippen molar-refractivity contribution in [2.24, 2.45) is 5.10 Å². The molecule has 0 aliphatic carbocycles. The summed E-state index contributed by atoms with van der Waals surface area (Å²) in [5, 5.41) is 17.9. The fourth-order valence-electron chi connectivity index (χ4n) is 2.47. The molecule has 0 bridgehead atoms. The quantitative estimate of drug-likeness (QED) is 0.545. The number of hydrogen-bond donors (Lipinski definition) is 1. The van der Waals surface area contributed by atoms with E-state index in [0.29, 0.717) is 10.7 Å². The molecule has 1 heterocycles. The summed E-state index contributed by atoms with van der Waals surface area (Å²) in [6.45, 7) is 1.50. The van der Waals surface area contributed by atoms with Gasteiger partial charge in [-0.25, -0.2) is 5.43 Å². The lowest BCUT2D eigenvalue weighted by molar-refractivity contribution is 0.0947. The van der Waals surface area contributed by atoms with Crippen LogP contribution in [-0.2, 0) is 0 Å². The number of aromatic nitrogens is 2. The molecule has 0 spiro atoms. The Bertz CT molecular complexity index is 1150. The Kier molecular flexibility index (Phi) is 5.63. The van der Waals surface area contributed by atoms with Crippen LogP contribution in [0.5, 0.6) is 0 Å². The lowest BCUT2D eigenvalue weighted by Gasteiger charge is -2.10. The van der Waals surface area contributed by atoms with E-state index < -0.39 is 11.5 Å². The normalized spacial score (nSPS) is 10.6. The number of hydrazone groups is 1. The van der Waals surface area contributed by atoms with Crippen LogP contribution in [0.25, 0.3) is 5.69 Å². The monoisotopic (exact) mass is 391 g/mol. The third kappa shape index (κ3) is 3.98. The molecule has 2 aromatic carbocycles. The fraction of sp³-hybridized carbons (Fsp3) is 0.0500. The average molecular weight is 392 g/mol. The molecule has 8 heteroatoms. The Morgan fingerprint density at radius 3 is 2.54 bits per heavy atom. The number of carbonyl (C=O) groups excluding carboxylic acids is 1. The topological polar surface area (TPSA) is 100 Å². The van der Waals surface area contributed by atoms with Crippen molar-refractivity contribution in [1.29, 1.82) is 5.26 Å². The number of halogens is 1. The minimum atomic E-state index is -0.635. The summed E-state index contributed by atoms with van der Waals surface area (Å²) in [5.41, 5.74) is 2.88. The molecular weight excluding hydrogens is 378 g/mol. The summed E-state index contributed by atoms with van der Waals surface area (Å²) in [6, 6.07) is 17.4. The number of nitrogens with one attached hydrogen (secondary N) is 1. The van der Waals surface area contributed by atoms with Crippen molar-refractivity contribution in [3.8, 4) is 11.8 Å². The van der Waals surface area contributed by atoms with Gasteiger partial charge in [0.15, 0.2) is 5.69 Å². The van der Waals surface area contributed by atoms with E-state index in [2.05, 4.69) is 15.6 Å². The molecular formula is C20H14ClN5O2. The molecule has 1 amide bonds. The molecule has 28 heavy (non-hydrogen) atoms. The van der Waals surface area contributed by atoms with Crippen molar-refractivity contribution in [3.63, 3.8) is 0 Å². The predicted octanol–water partition coefficient (Wildman–Crippen LogP) is 2.83. The molecule has 0 radical (unpaired) electrons. The number of benzene rings is 2. The zero-order valence-corrected chi connectivity index (χ0v) is 15.5. The largest absolute Gasteiger partial charge is 0.292 e.